The van der Waals surface area contributed by atoms with E-state index in [-0.39, 0.29) is 6.42 Å². The number of hydrogen-bond donors (Lipinski definition) is 3. The number of carboxylic acid groups (broad SMARTS) is 1. The highest BCUT2D eigenvalue weighted by atomic mass is 16.4. The highest BCUT2D eigenvalue weighted by molar-refractivity contribution is 5.87. The summed E-state index contributed by atoms with van der Waals surface area (Å²) in [6.45, 7) is 0. The van der Waals surface area contributed by atoms with Gasteiger partial charge in [-0.15, -0.1) is 0 Å². The Labute approximate surface area is 110 Å². The fraction of sp³-hybridized carbons (Fsp3) is 0.308. The molecule has 0 aromatic heterocycles. The topological polar surface area (TPSA) is 109 Å². The zero-order valence-electron chi connectivity index (χ0n) is 10.2. The molecule has 1 aromatic rings. The molecule has 0 spiro atoms. The van der Waals surface area contributed by atoms with Crippen molar-refractivity contribution in [1.29, 1.82) is 0 Å². The van der Waals surface area contributed by atoms with Gasteiger partial charge in [0.25, 0.3) is 0 Å². The Balaban J connectivity index is 2.55. The fourth-order valence-corrected chi connectivity index (χ4v) is 1.53. The summed E-state index contributed by atoms with van der Waals surface area (Å²) in [5.74, 6) is -1.84. The van der Waals surface area contributed by atoms with E-state index in [0.29, 0.717) is 0 Å². The van der Waals surface area contributed by atoms with Crippen LogP contribution in [-0.2, 0) is 20.8 Å². The molecule has 0 saturated heterocycles. The van der Waals surface area contributed by atoms with E-state index >= 15 is 0 Å². The van der Waals surface area contributed by atoms with Crippen LogP contribution in [0.1, 0.15) is 12.0 Å². The van der Waals surface area contributed by atoms with Gasteiger partial charge in [0.1, 0.15) is 0 Å². The molecule has 0 unspecified atom stereocenters. The van der Waals surface area contributed by atoms with Crippen LogP contribution in [0.15, 0.2) is 30.3 Å². The number of hydrogen-bond acceptors (Lipinski definition) is 4. The Kier molecular flexibility index (Phi) is 5.69. The third-order valence-electron chi connectivity index (χ3n) is 2.47. The molecule has 1 rings (SSSR count). The Bertz CT molecular complexity index is 447. The second-order valence-electron chi connectivity index (χ2n) is 4.07. The lowest BCUT2D eigenvalue weighted by Gasteiger charge is -2.15. The number of nitrogens with two attached hydrogens (primary N) is 1. The van der Waals surface area contributed by atoms with Gasteiger partial charge in [-0.1, -0.05) is 30.3 Å². The number of carbonyl (C=O) groups excluding carboxylic acids is 2. The molecule has 1 amide bonds. The smallest absolute Gasteiger partial charge is 0.305 e. The van der Waals surface area contributed by atoms with Crippen molar-refractivity contribution in [2.24, 2.45) is 5.73 Å². The highest BCUT2D eigenvalue weighted by Gasteiger charge is 2.20. The molecule has 6 nitrogen and oxygen atoms in total. The summed E-state index contributed by atoms with van der Waals surface area (Å²) in [5.41, 5.74) is 6.26. The summed E-state index contributed by atoms with van der Waals surface area (Å²) >= 11 is 0. The summed E-state index contributed by atoms with van der Waals surface area (Å²) in [5, 5.41) is 10.9. The van der Waals surface area contributed by atoms with Crippen LogP contribution in [0.5, 0.6) is 0 Å². The second-order valence-corrected chi connectivity index (χ2v) is 4.07. The maximum Gasteiger partial charge on any atom is 0.305 e. The van der Waals surface area contributed by atoms with Crippen LogP contribution in [0.4, 0.5) is 0 Å². The molecule has 4 N–H and O–H groups in total. The lowest BCUT2D eigenvalue weighted by Crippen LogP contribution is -2.47. The molecule has 19 heavy (non-hydrogen) atoms. The zero-order chi connectivity index (χ0) is 14.3. The number of rotatable bonds is 7. The van der Waals surface area contributed by atoms with E-state index < -0.39 is 30.4 Å². The number of carbonyl (C=O) groups is 2. The minimum absolute atomic E-state index is 0.288. The Hall–Kier alpha value is -2.21. The van der Waals surface area contributed by atoms with Gasteiger partial charge < -0.3 is 16.2 Å². The van der Waals surface area contributed by atoms with Crippen molar-refractivity contribution < 1.29 is 19.5 Å². The first-order valence-electron chi connectivity index (χ1n) is 5.72. The fourth-order valence-electron chi connectivity index (χ4n) is 1.53. The van der Waals surface area contributed by atoms with Crippen molar-refractivity contribution in [3.63, 3.8) is 0 Å². The summed E-state index contributed by atoms with van der Waals surface area (Å²) in [4.78, 5) is 32.8. The van der Waals surface area contributed by atoms with Crippen molar-refractivity contribution in [3.05, 3.63) is 35.9 Å². The molecular formula is C13H15N2O4. The summed E-state index contributed by atoms with van der Waals surface area (Å²) < 4.78 is 0. The average molecular weight is 263 g/mol. The largest absolute Gasteiger partial charge is 0.481 e. The van der Waals surface area contributed by atoms with Gasteiger partial charge in [0.2, 0.25) is 12.2 Å². The van der Waals surface area contributed by atoms with Gasteiger partial charge in [-0.05, 0) is 5.56 Å². The summed E-state index contributed by atoms with van der Waals surface area (Å²) in [7, 11) is 0. The van der Waals surface area contributed by atoms with Crippen molar-refractivity contribution in [1.82, 2.24) is 5.32 Å². The average Bonchev–Trinajstić information content (AvgIpc) is 2.38. The van der Waals surface area contributed by atoms with E-state index in [4.69, 9.17) is 10.8 Å². The summed E-state index contributed by atoms with van der Waals surface area (Å²) in [6.07, 6.45) is 1.51. The maximum atomic E-state index is 11.6. The Morgan fingerprint density at radius 1 is 1.32 bits per heavy atom. The molecule has 0 aliphatic rings. The molecule has 0 bridgehead atoms. The first-order valence-corrected chi connectivity index (χ1v) is 5.72. The predicted molar refractivity (Wildman–Crippen MR) is 68.0 cm³/mol. The number of benzene rings is 1. The third kappa shape index (κ3) is 5.31. The number of aliphatic carboxylic acids is 1. The quantitative estimate of drug-likeness (QED) is 0.621. The van der Waals surface area contributed by atoms with Crippen molar-refractivity contribution in [2.45, 2.75) is 24.9 Å². The minimum atomic E-state index is -1.18. The Morgan fingerprint density at radius 3 is 2.47 bits per heavy atom. The van der Waals surface area contributed by atoms with E-state index in [1.165, 1.54) is 0 Å². The van der Waals surface area contributed by atoms with Crippen molar-refractivity contribution >= 4 is 18.2 Å². The van der Waals surface area contributed by atoms with E-state index in [0.717, 1.165) is 5.56 Å². The normalized spacial score (nSPS) is 13.3. The molecule has 0 aliphatic heterocycles. The Morgan fingerprint density at radius 2 is 1.95 bits per heavy atom. The standard InChI is InChI=1S/C13H15N2O4/c14-11(7-12(17)18)13(19)15-10(8-16)6-9-4-2-1-3-5-9/h1-5,10-11H,6-7,14H2,(H,15,19)(H,17,18)/t10-,11-/m0/s1. The first-order chi connectivity index (χ1) is 9.02. The zero-order valence-corrected chi connectivity index (χ0v) is 10.2. The number of amides is 1. The van der Waals surface area contributed by atoms with E-state index in [1.807, 2.05) is 30.3 Å². The van der Waals surface area contributed by atoms with Crippen LogP contribution in [0.25, 0.3) is 0 Å². The minimum Gasteiger partial charge on any atom is -0.481 e. The van der Waals surface area contributed by atoms with Crippen LogP contribution in [0.3, 0.4) is 0 Å². The maximum absolute atomic E-state index is 11.6. The van der Waals surface area contributed by atoms with Gasteiger partial charge >= 0.3 is 5.97 Å². The van der Waals surface area contributed by atoms with Gasteiger partial charge in [-0.2, -0.15) is 0 Å². The SMILES string of the molecule is N[C@@H](CC(=O)O)C(=O)N[C@H]([C]=O)Cc1ccccc1. The second kappa shape index (κ2) is 7.27. The lowest BCUT2D eigenvalue weighted by atomic mass is 10.1. The van der Waals surface area contributed by atoms with Crippen LogP contribution in [0, 0.1) is 0 Å². The molecule has 1 radical (unpaired) electrons. The molecular weight excluding hydrogens is 248 g/mol. The molecule has 101 valence electrons. The van der Waals surface area contributed by atoms with Crippen LogP contribution in [-0.4, -0.2) is 35.4 Å². The molecule has 0 fully saturated rings. The first kappa shape index (κ1) is 14.8. The van der Waals surface area contributed by atoms with E-state index in [2.05, 4.69) is 5.32 Å². The molecule has 2 atom stereocenters. The van der Waals surface area contributed by atoms with Crippen molar-refractivity contribution in [2.75, 3.05) is 0 Å². The third-order valence-corrected chi connectivity index (χ3v) is 2.47. The lowest BCUT2D eigenvalue weighted by molar-refractivity contribution is -0.139. The van der Waals surface area contributed by atoms with Crippen LogP contribution < -0.4 is 11.1 Å². The molecule has 0 saturated carbocycles. The van der Waals surface area contributed by atoms with Gasteiger partial charge in [0, 0.05) is 6.42 Å². The predicted octanol–water partition coefficient (Wildman–Crippen LogP) is -0.374. The van der Waals surface area contributed by atoms with E-state index in [1.54, 1.807) is 6.29 Å². The molecule has 0 aliphatic carbocycles. The van der Waals surface area contributed by atoms with Gasteiger partial charge in [0.15, 0.2) is 0 Å². The van der Waals surface area contributed by atoms with Gasteiger partial charge in [0.05, 0.1) is 18.5 Å². The van der Waals surface area contributed by atoms with Gasteiger partial charge in [-0.25, -0.2) is 0 Å². The number of nitrogens with one attached hydrogen (secondary N) is 1. The molecule has 1 aromatic carbocycles. The van der Waals surface area contributed by atoms with Crippen LogP contribution in [0.2, 0.25) is 0 Å². The van der Waals surface area contributed by atoms with Crippen LogP contribution >= 0.6 is 0 Å². The van der Waals surface area contributed by atoms with Crippen molar-refractivity contribution in [3.8, 4) is 0 Å². The summed E-state index contributed by atoms with van der Waals surface area (Å²) in [6, 6.07) is 7.08. The molecule has 6 heteroatoms. The monoisotopic (exact) mass is 263 g/mol. The van der Waals surface area contributed by atoms with E-state index in [9.17, 15) is 14.4 Å². The molecule has 0 heterocycles. The highest BCUT2D eigenvalue weighted by Crippen LogP contribution is 2.02. The number of carboxylic acids is 1. The van der Waals surface area contributed by atoms with Gasteiger partial charge in [-0.3, -0.25) is 14.4 Å².